The van der Waals surface area contributed by atoms with Gasteiger partial charge in [0.25, 0.3) is 0 Å². The summed E-state index contributed by atoms with van der Waals surface area (Å²) in [6.07, 6.45) is 0.283. The van der Waals surface area contributed by atoms with Gasteiger partial charge in [-0.1, -0.05) is 0 Å². The minimum absolute atomic E-state index is 0.0766. The first-order valence-electron chi connectivity index (χ1n) is 4.98. The highest BCUT2D eigenvalue weighted by Gasteiger charge is 2.26. The average molecular weight is 245 g/mol. The summed E-state index contributed by atoms with van der Waals surface area (Å²) in [6, 6.07) is -0.854. The van der Waals surface area contributed by atoms with E-state index in [2.05, 4.69) is 28.6 Å². The minimum atomic E-state index is -0.656. The van der Waals surface area contributed by atoms with Crippen molar-refractivity contribution < 1.29 is 14.4 Å². The predicted molar refractivity (Wildman–Crippen MR) is 61.0 cm³/mol. The fraction of sp³-hybridized carbons (Fsp3) is 0.667. The molecule has 0 aromatic rings. The van der Waals surface area contributed by atoms with Crippen LogP contribution in [-0.4, -0.2) is 42.1 Å². The summed E-state index contributed by atoms with van der Waals surface area (Å²) >= 11 is 3.99. The lowest BCUT2D eigenvalue weighted by atomic mass is 10.2. The van der Waals surface area contributed by atoms with Crippen molar-refractivity contribution in [3.8, 4) is 0 Å². The maximum Gasteiger partial charge on any atom is 0.243 e. The Morgan fingerprint density at radius 2 is 2.31 bits per heavy atom. The van der Waals surface area contributed by atoms with E-state index >= 15 is 0 Å². The number of hydrogen-bond donors (Lipinski definition) is 4. The van der Waals surface area contributed by atoms with E-state index in [0.29, 0.717) is 6.54 Å². The lowest BCUT2D eigenvalue weighted by Gasteiger charge is -2.17. The number of carbonyl (C=O) groups excluding carboxylic acids is 3. The molecular weight excluding hydrogens is 230 g/mol. The topological polar surface area (TPSA) is 87.3 Å². The minimum Gasteiger partial charge on any atom is -0.354 e. The van der Waals surface area contributed by atoms with E-state index in [-0.39, 0.29) is 35.9 Å². The van der Waals surface area contributed by atoms with Crippen LogP contribution in [0.25, 0.3) is 0 Å². The molecule has 0 radical (unpaired) electrons. The summed E-state index contributed by atoms with van der Waals surface area (Å²) in [6.45, 7) is 1.77. The first kappa shape index (κ1) is 12.8. The quantitative estimate of drug-likeness (QED) is 0.451. The molecule has 0 saturated carbocycles. The van der Waals surface area contributed by atoms with Gasteiger partial charge >= 0.3 is 0 Å². The number of amides is 3. The molecule has 1 aliphatic heterocycles. The fourth-order valence-electron chi connectivity index (χ4n) is 1.45. The first-order chi connectivity index (χ1) is 7.52. The second kappa shape index (κ2) is 5.74. The standard InChI is InChI=1S/C9H15N3O3S/c1-5(13)11-7(4-16)9(15)12-6-2-8(14)10-3-6/h6-7,16H,2-4H2,1H3,(H,10,14)(H,11,13)(H,12,15). The molecule has 6 nitrogen and oxygen atoms in total. The molecule has 2 atom stereocenters. The Bertz CT molecular complexity index is 308. The summed E-state index contributed by atoms with van der Waals surface area (Å²) < 4.78 is 0. The van der Waals surface area contributed by atoms with Crippen LogP contribution in [0.2, 0.25) is 0 Å². The molecule has 16 heavy (non-hydrogen) atoms. The molecule has 3 N–H and O–H groups in total. The number of carbonyl (C=O) groups is 3. The second-order valence-corrected chi connectivity index (χ2v) is 4.01. The third kappa shape index (κ3) is 3.73. The van der Waals surface area contributed by atoms with E-state index < -0.39 is 6.04 Å². The van der Waals surface area contributed by atoms with Crippen LogP contribution in [0.1, 0.15) is 13.3 Å². The largest absolute Gasteiger partial charge is 0.354 e. The Kier molecular flexibility index (Phi) is 4.60. The van der Waals surface area contributed by atoms with Crippen molar-refractivity contribution >= 4 is 30.4 Å². The van der Waals surface area contributed by atoms with E-state index in [1.807, 2.05) is 0 Å². The van der Waals surface area contributed by atoms with Crippen LogP contribution in [-0.2, 0) is 14.4 Å². The molecule has 0 aromatic heterocycles. The molecule has 1 fully saturated rings. The Morgan fingerprint density at radius 1 is 1.62 bits per heavy atom. The van der Waals surface area contributed by atoms with Gasteiger partial charge in [-0.05, 0) is 0 Å². The zero-order chi connectivity index (χ0) is 12.1. The van der Waals surface area contributed by atoms with Gasteiger partial charge in [-0.15, -0.1) is 0 Å². The van der Waals surface area contributed by atoms with Crippen molar-refractivity contribution in [3.05, 3.63) is 0 Å². The van der Waals surface area contributed by atoms with Crippen LogP contribution >= 0.6 is 12.6 Å². The number of nitrogens with one attached hydrogen (secondary N) is 3. The molecule has 1 aliphatic rings. The average Bonchev–Trinajstić information content (AvgIpc) is 2.60. The number of thiol groups is 1. The van der Waals surface area contributed by atoms with E-state index in [0.717, 1.165) is 0 Å². The molecule has 90 valence electrons. The van der Waals surface area contributed by atoms with E-state index in [4.69, 9.17) is 0 Å². The summed E-state index contributed by atoms with van der Waals surface area (Å²) in [5.74, 6) is -0.451. The van der Waals surface area contributed by atoms with Crippen molar-refractivity contribution in [1.82, 2.24) is 16.0 Å². The third-order valence-corrected chi connectivity index (χ3v) is 2.57. The molecule has 1 saturated heterocycles. The summed E-state index contributed by atoms with van der Waals surface area (Å²) in [4.78, 5) is 33.4. The highest BCUT2D eigenvalue weighted by Crippen LogP contribution is 2.00. The van der Waals surface area contributed by atoms with E-state index in [9.17, 15) is 14.4 Å². The van der Waals surface area contributed by atoms with Crippen LogP contribution in [0.15, 0.2) is 0 Å². The monoisotopic (exact) mass is 245 g/mol. The van der Waals surface area contributed by atoms with Gasteiger partial charge in [0, 0.05) is 25.6 Å². The Hall–Kier alpha value is -1.24. The summed E-state index contributed by atoms with van der Waals surface area (Å²) in [7, 11) is 0. The predicted octanol–water partition coefficient (Wildman–Crippen LogP) is -1.57. The van der Waals surface area contributed by atoms with E-state index in [1.165, 1.54) is 6.92 Å². The lowest BCUT2D eigenvalue weighted by molar-refractivity contribution is -0.128. The molecule has 0 bridgehead atoms. The lowest BCUT2D eigenvalue weighted by Crippen LogP contribution is -2.50. The normalized spacial score (nSPS) is 21.1. The Balaban J connectivity index is 2.43. The summed E-state index contributed by atoms with van der Waals surface area (Å²) in [5, 5.41) is 7.77. The molecular formula is C9H15N3O3S. The molecule has 7 heteroatoms. The zero-order valence-electron chi connectivity index (χ0n) is 8.95. The Morgan fingerprint density at radius 3 is 2.75 bits per heavy atom. The van der Waals surface area contributed by atoms with Crippen molar-refractivity contribution in [2.24, 2.45) is 0 Å². The molecule has 2 unspecified atom stereocenters. The molecule has 3 amide bonds. The molecule has 1 heterocycles. The van der Waals surface area contributed by atoms with Crippen LogP contribution in [0.4, 0.5) is 0 Å². The van der Waals surface area contributed by atoms with Crippen LogP contribution in [0.3, 0.4) is 0 Å². The SMILES string of the molecule is CC(=O)NC(CS)C(=O)NC1CNC(=O)C1. The maximum atomic E-state index is 11.7. The third-order valence-electron chi connectivity index (χ3n) is 2.20. The van der Waals surface area contributed by atoms with Gasteiger partial charge < -0.3 is 16.0 Å². The maximum absolute atomic E-state index is 11.7. The number of hydrogen-bond acceptors (Lipinski definition) is 4. The van der Waals surface area contributed by atoms with Gasteiger partial charge in [0.05, 0.1) is 6.04 Å². The second-order valence-electron chi connectivity index (χ2n) is 3.65. The molecule has 0 spiro atoms. The van der Waals surface area contributed by atoms with Crippen LogP contribution < -0.4 is 16.0 Å². The molecule has 0 aromatic carbocycles. The van der Waals surface area contributed by atoms with Gasteiger partial charge in [-0.3, -0.25) is 14.4 Å². The van der Waals surface area contributed by atoms with E-state index in [1.54, 1.807) is 0 Å². The van der Waals surface area contributed by atoms with Gasteiger partial charge in [-0.25, -0.2) is 0 Å². The first-order valence-corrected chi connectivity index (χ1v) is 5.61. The highest BCUT2D eigenvalue weighted by atomic mass is 32.1. The van der Waals surface area contributed by atoms with Gasteiger partial charge in [0.1, 0.15) is 6.04 Å². The summed E-state index contributed by atoms with van der Waals surface area (Å²) in [5.41, 5.74) is 0. The smallest absolute Gasteiger partial charge is 0.243 e. The van der Waals surface area contributed by atoms with Crippen molar-refractivity contribution in [2.75, 3.05) is 12.3 Å². The highest BCUT2D eigenvalue weighted by molar-refractivity contribution is 7.80. The van der Waals surface area contributed by atoms with Crippen molar-refractivity contribution in [2.45, 2.75) is 25.4 Å². The number of rotatable bonds is 4. The van der Waals surface area contributed by atoms with Gasteiger partial charge in [-0.2, -0.15) is 12.6 Å². The van der Waals surface area contributed by atoms with Crippen molar-refractivity contribution in [1.29, 1.82) is 0 Å². The van der Waals surface area contributed by atoms with Crippen LogP contribution in [0, 0.1) is 0 Å². The molecule has 0 aliphatic carbocycles. The van der Waals surface area contributed by atoms with Gasteiger partial charge in [0.2, 0.25) is 17.7 Å². The van der Waals surface area contributed by atoms with Crippen molar-refractivity contribution in [3.63, 3.8) is 0 Å². The Labute approximate surface area is 98.9 Å². The van der Waals surface area contributed by atoms with Gasteiger partial charge in [0.15, 0.2) is 0 Å². The fourth-order valence-corrected chi connectivity index (χ4v) is 1.71. The zero-order valence-corrected chi connectivity index (χ0v) is 9.84. The van der Waals surface area contributed by atoms with Crippen LogP contribution in [0.5, 0.6) is 0 Å². The molecule has 1 rings (SSSR count).